The molecule has 2 unspecified atom stereocenters. The fourth-order valence-electron chi connectivity index (χ4n) is 6.60. The van der Waals surface area contributed by atoms with E-state index in [0.717, 1.165) is 0 Å². The van der Waals surface area contributed by atoms with Gasteiger partial charge in [-0.15, -0.1) is 0 Å². The largest absolute Gasteiger partial charge is 0.377 e. The zero-order chi connectivity index (χ0) is 37.1. The van der Waals surface area contributed by atoms with Gasteiger partial charge in [0.25, 0.3) is 0 Å². The summed E-state index contributed by atoms with van der Waals surface area (Å²) in [6.45, 7) is 6.46. The van der Waals surface area contributed by atoms with Crippen LogP contribution in [0.3, 0.4) is 0 Å². The molecule has 0 bridgehead atoms. The Labute approximate surface area is 297 Å². The Kier molecular flexibility index (Phi) is 12.2. The molecule has 0 saturated heterocycles. The Balaban J connectivity index is 1.98. The van der Waals surface area contributed by atoms with E-state index in [1.54, 1.807) is 43.4 Å². The van der Waals surface area contributed by atoms with Crippen molar-refractivity contribution in [2.75, 3.05) is 19.8 Å². The molecule has 0 radical (unpaired) electrons. The fourth-order valence-corrected chi connectivity index (χ4v) is 6.60. The molecule has 0 heterocycles. The van der Waals surface area contributed by atoms with Crippen LogP contribution in [0.5, 0.6) is 0 Å². The van der Waals surface area contributed by atoms with Crippen molar-refractivity contribution in [2.24, 2.45) is 11.8 Å². The van der Waals surface area contributed by atoms with Crippen LogP contribution in [-0.2, 0) is 16.1 Å². The molecule has 1 aromatic rings. The van der Waals surface area contributed by atoms with E-state index in [1.165, 1.54) is 0 Å². The number of allylic oxidation sites excluding steroid dienone is 14. The van der Waals surface area contributed by atoms with Crippen molar-refractivity contribution in [1.29, 1.82) is 42.1 Å². The van der Waals surface area contributed by atoms with E-state index >= 15 is 0 Å². The minimum Gasteiger partial charge on any atom is -0.377 e. The molecule has 10 heteroatoms. The van der Waals surface area contributed by atoms with Crippen LogP contribution in [0.15, 0.2) is 92.7 Å². The second-order valence-electron chi connectivity index (χ2n) is 11.6. The highest BCUT2D eigenvalue weighted by Crippen LogP contribution is 2.50. The second kappa shape index (κ2) is 16.9. The predicted octanol–water partition coefficient (Wildman–Crippen LogP) is 7.31. The maximum Gasteiger partial charge on any atom is 0.138 e. The van der Waals surface area contributed by atoms with Crippen LogP contribution in [0.4, 0.5) is 0 Å². The lowest BCUT2D eigenvalue weighted by Crippen LogP contribution is -2.16. The van der Waals surface area contributed by atoms with Gasteiger partial charge in [0.15, 0.2) is 0 Å². The van der Waals surface area contributed by atoms with Gasteiger partial charge < -0.3 is 9.47 Å². The van der Waals surface area contributed by atoms with E-state index in [4.69, 9.17) is 9.47 Å². The molecule has 0 saturated carbocycles. The molecular weight excluding hydrogens is 637 g/mol. The molecule has 51 heavy (non-hydrogen) atoms. The van der Waals surface area contributed by atoms with Crippen molar-refractivity contribution in [3.8, 4) is 48.6 Å². The molecule has 4 rings (SSSR count). The van der Waals surface area contributed by atoms with Gasteiger partial charge in [0, 0.05) is 53.8 Å². The summed E-state index contributed by atoms with van der Waals surface area (Å²) in [5.41, 5.74) is 4.56. The second-order valence-corrected chi connectivity index (χ2v) is 11.6. The van der Waals surface area contributed by atoms with Gasteiger partial charge in [0.2, 0.25) is 0 Å². The first-order chi connectivity index (χ1) is 24.8. The minimum atomic E-state index is -0.595. The molecule has 246 valence electrons. The average molecular weight is 667 g/mol. The highest BCUT2D eigenvalue weighted by Gasteiger charge is 2.36. The average Bonchev–Trinajstić information content (AvgIpc) is 3.49. The zero-order valence-corrected chi connectivity index (χ0v) is 28.3. The Bertz CT molecular complexity index is 2250. The number of benzene rings is 1. The third-order valence-electron chi connectivity index (χ3n) is 8.81. The molecular formula is C41H30N8O2. The van der Waals surface area contributed by atoms with Crippen molar-refractivity contribution in [3.05, 3.63) is 115 Å². The van der Waals surface area contributed by atoms with Crippen molar-refractivity contribution in [1.82, 2.24) is 0 Å². The quantitative estimate of drug-likeness (QED) is 0.253. The van der Waals surface area contributed by atoms with Crippen molar-refractivity contribution in [3.63, 3.8) is 0 Å². The summed E-state index contributed by atoms with van der Waals surface area (Å²) in [7, 11) is 0. The first kappa shape index (κ1) is 36.8. The van der Waals surface area contributed by atoms with Crippen molar-refractivity contribution >= 4 is 11.1 Å². The molecule has 10 nitrogen and oxygen atoms in total. The van der Waals surface area contributed by atoms with Gasteiger partial charge in [0.1, 0.15) is 41.5 Å². The zero-order valence-electron chi connectivity index (χ0n) is 28.3. The molecule has 3 aliphatic rings. The Hall–Kier alpha value is -7.02. The standard InChI is InChI=1S/C41H30N8O2/c1-4-50-23-31-11-25(3)38(33(18-45)19-46)39(29(16-43)10-9-28(31)15-42)26-7-6-8-27(12-26)40-37(22-49)35-13-30(17-44)32(24-51-5-2)14-36(35)41(40)34(20-47)21-48/h6-9,11,13-14,25-26H,4-5,10,12,23-24H2,1-3H3/b28-9?,31-11?,39-29+. The summed E-state index contributed by atoms with van der Waals surface area (Å²) in [5.74, 6) is -1.19. The van der Waals surface area contributed by atoms with Gasteiger partial charge in [-0.3, -0.25) is 0 Å². The van der Waals surface area contributed by atoms with Gasteiger partial charge in [0.05, 0.1) is 48.1 Å². The molecule has 0 amide bonds. The number of hydrogen-bond donors (Lipinski definition) is 0. The molecule has 1 aromatic carbocycles. The van der Waals surface area contributed by atoms with Crippen LogP contribution in [0.1, 0.15) is 55.9 Å². The first-order valence-electron chi connectivity index (χ1n) is 16.1. The van der Waals surface area contributed by atoms with Gasteiger partial charge in [-0.25, -0.2) is 0 Å². The van der Waals surface area contributed by atoms with Gasteiger partial charge >= 0.3 is 0 Å². The Morgan fingerprint density at radius 3 is 2.08 bits per heavy atom. The van der Waals surface area contributed by atoms with Crippen LogP contribution in [0.2, 0.25) is 0 Å². The fraction of sp³-hybridized carbons (Fsp3) is 0.268. The smallest absolute Gasteiger partial charge is 0.138 e. The van der Waals surface area contributed by atoms with Crippen LogP contribution in [0.25, 0.3) is 11.1 Å². The van der Waals surface area contributed by atoms with Gasteiger partial charge in [-0.2, -0.15) is 42.1 Å². The van der Waals surface area contributed by atoms with Gasteiger partial charge in [-0.1, -0.05) is 37.3 Å². The molecule has 2 atom stereocenters. The highest BCUT2D eigenvalue weighted by molar-refractivity contribution is 6.09. The van der Waals surface area contributed by atoms with E-state index < -0.39 is 11.8 Å². The summed E-state index contributed by atoms with van der Waals surface area (Å²) in [6, 6.07) is 20.1. The predicted molar refractivity (Wildman–Crippen MR) is 185 cm³/mol. The first-order valence-corrected chi connectivity index (χ1v) is 16.1. The summed E-state index contributed by atoms with van der Waals surface area (Å²) < 4.78 is 11.2. The monoisotopic (exact) mass is 666 g/mol. The van der Waals surface area contributed by atoms with E-state index in [9.17, 15) is 42.1 Å². The van der Waals surface area contributed by atoms with E-state index in [2.05, 4.69) is 24.3 Å². The van der Waals surface area contributed by atoms with E-state index in [0.29, 0.717) is 68.9 Å². The maximum atomic E-state index is 10.5. The SMILES string of the molecule is CCOCC1=CC(C)C(=C(C#N)C#N)/C(C2C=CC=C(C3=C(C#N)c4cc(C#N)c(COCC)cc4C3=C(C#N)C#N)C2)=C(/C#N)CC=C1C#N. The molecule has 3 aliphatic carbocycles. The lowest BCUT2D eigenvalue weighted by atomic mass is 9.74. The Morgan fingerprint density at radius 2 is 1.49 bits per heavy atom. The van der Waals surface area contributed by atoms with E-state index in [1.807, 2.05) is 44.2 Å². The van der Waals surface area contributed by atoms with E-state index in [-0.39, 0.29) is 53.9 Å². The number of rotatable bonds is 8. The number of nitriles is 8. The molecule has 0 N–H and O–H groups in total. The lowest BCUT2D eigenvalue weighted by Gasteiger charge is -2.28. The van der Waals surface area contributed by atoms with Crippen molar-refractivity contribution in [2.45, 2.75) is 40.2 Å². The summed E-state index contributed by atoms with van der Waals surface area (Å²) in [6.07, 6.45) is 8.98. The summed E-state index contributed by atoms with van der Waals surface area (Å²) >= 11 is 0. The van der Waals surface area contributed by atoms with Gasteiger partial charge in [-0.05, 0) is 65.8 Å². The normalized spacial score (nSPS) is 19.3. The lowest BCUT2D eigenvalue weighted by molar-refractivity contribution is 0.134. The van der Waals surface area contributed by atoms with Crippen LogP contribution < -0.4 is 0 Å². The number of ether oxygens (including phenoxy) is 2. The molecule has 0 fully saturated rings. The van der Waals surface area contributed by atoms with Crippen LogP contribution in [-0.4, -0.2) is 19.8 Å². The third-order valence-corrected chi connectivity index (χ3v) is 8.81. The number of nitrogens with zero attached hydrogens (tertiary/aromatic N) is 8. The maximum absolute atomic E-state index is 10.5. The number of hydrogen-bond acceptors (Lipinski definition) is 10. The van der Waals surface area contributed by atoms with Crippen LogP contribution >= 0.6 is 0 Å². The third kappa shape index (κ3) is 7.22. The summed E-state index contributed by atoms with van der Waals surface area (Å²) in [4.78, 5) is 0. The number of fused-ring (bicyclic) bond motifs is 1. The van der Waals surface area contributed by atoms with Crippen molar-refractivity contribution < 1.29 is 9.47 Å². The Morgan fingerprint density at radius 1 is 0.804 bits per heavy atom. The minimum absolute atomic E-state index is 0.0389. The highest BCUT2D eigenvalue weighted by atomic mass is 16.5. The molecule has 0 spiro atoms. The molecule has 0 aliphatic heterocycles. The molecule has 0 aromatic heterocycles. The van der Waals surface area contributed by atoms with Crippen LogP contribution in [0, 0.1) is 102 Å². The summed E-state index contributed by atoms with van der Waals surface area (Å²) in [5, 5.41) is 81.6. The topological polar surface area (TPSA) is 209 Å².